The van der Waals surface area contributed by atoms with Crippen molar-refractivity contribution in [2.24, 2.45) is 16.5 Å². The normalized spacial score (nSPS) is 10.1. The van der Waals surface area contributed by atoms with Gasteiger partial charge in [0.05, 0.1) is 5.69 Å². The second-order valence-electron chi connectivity index (χ2n) is 3.45. The van der Waals surface area contributed by atoms with Gasteiger partial charge in [-0.25, -0.2) is 4.98 Å². The molecule has 1 aromatic heterocycles. The van der Waals surface area contributed by atoms with Crippen molar-refractivity contribution in [1.82, 2.24) is 9.97 Å². The largest absolute Gasteiger partial charge is 0.370 e. The van der Waals surface area contributed by atoms with Crippen LogP contribution in [0, 0.1) is 3.57 Å². The lowest BCUT2D eigenvalue weighted by atomic mass is 10.1. The summed E-state index contributed by atoms with van der Waals surface area (Å²) >= 11 is 1.94. The Balaban J connectivity index is 2.64. The molecule has 2 aromatic rings. The van der Waals surface area contributed by atoms with Crippen molar-refractivity contribution in [2.45, 2.75) is 0 Å². The molecule has 6 nitrogen and oxygen atoms in total. The molecular weight excluding hydrogens is 345 g/mol. The minimum atomic E-state index is -0.274. The van der Waals surface area contributed by atoms with Crippen molar-refractivity contribution in [3.63, 3.8) is 0 Å². The molecule has 2 rings (SSSR count). The number of rotatable bonds is 2. The number of hydrogen-bond acceptors (Lipinski definition) is 3. The van der Waals surface area contributed by atoms with Gasteiger partial charge in [0.15, 0.2) is 5.96 Å². The third kappa shape index (κ3) is 2.67. The Morgan fingerprint density at radius 3 is 2.56 bits per heavy atom. The maximum atomic E-state index is 11.8. The maximum absolute atomic E-state index is 11.8. The minimum absolute atomic E-state index is 0.0965. The van der Waals surface area contributed by atoms with Crippen molar-refractivity contribution < 1.29 is 0 Å². The molecule has 7 heteroatoms. The van der Waals surface area contributed by atoms with Crippen LogP contribution in [0.5, 0.6) is 0 Å². The van der Waals surface area contributed by atoms with Crippen LogP contribution in [-0.2, 0) is 0 Å². The van der Waals surface area contributed by atoms with Crippen LogP contribution in [-0.4, -0.2) is 15.9 Å². The molecule has 18 heavy (non-hydrogen) atoms. The number of hydrogen-bond donors (Lipinski definition) is 3. The fraction of sp³-hybridized carbons (Fsp3) is 0. The molecule has 0 spiro atoms. The fourth-order valence-electron chi connectivity index (χ4n) is 1.41. The highest BCUT2D eigenvalue weighted by atomic mass is 127. The highest BCUT2D eigenvalue weighted by molar-refractivity contribution is 14.1. The van der Waals surface area contributed by atoms with Gasteiger partial charge in [-0.15, -0.1) is 0 Å². The van der Waals surface area contributed by atoms with E-state index in [4.69, 9.17) is 11.5 Å². The van der Waals surface area contributed by atoms with Gasteiger partial charge < -0.3 is 11.5 Å². The number of aromatic nitrogens is 2. The zero-order valence-corrected chi connectivity index (χ0v) is 11.4. The molecule has 92 valence electrons. The molecule has 0 aliphatic heterocycles. The first-order chi connectivity index (χ1) is 8.58. The molecule has 0 aliphatic rings. The summed E-state index contributed by atoms with van der Waals surface area (Å²) in [4.78, 5) is 22.2. The quantitative estimate of drug-likeness (QED) is 0.423. The molecule has 5 N–H and O–H groups in total. The SMILES string of the molecule is NC(N)=Nc1nc(-c2ccccc2)c(I)c(=O)[nH]1. The van der Waals surface area contributed by atoms with Crippen molar-refractivity contribution in [3.8, 4) is 11.3 Å². The average molecular weight is 355 g/mol. The molecule has 0 radical (unpaired) electrons. The van der Waals surface area contributed by atoms with Crippen LogP contribution in [0.3, 0.4) is 0 Å². The molecule has 0 bridgehead atoms. The van der Waals surface area contributed by atoms with Crippen molar-refractivity contribution in [1.29, 1.82) is 0 Å². The number of nitrogens with zero attached hydrogens (tertiary/aromatic N) is 2. The van der Waals surface area contributed by atoms with Gasteiger partial charge in [-0.3, -0.25) is 9.78 Å². The second kappa shape index (κ2) is 5.17. The van der Waals surface area contributed by atoms with E-state index in [1.54, 1.807) is 0 Å². The Kier molecular flexibility index (Phi) is 3.60. The van der Waals surface area contributed by atoms with Gasteiger partial charge in [-0.05, 0) is 22.6 Å². The predicted octanol–water partition coefficient (Wildman–Crippen LogP) is 0.946. The number of nitrogens with one attached hydrogen (secondary N) is 1. The van der Waals surface area contributed by atoms with E-state index in [-0.39, 0.29) is 17.5 Å². The number of aliphatic imine (C=N–C) groups is 1. The molecule has 1 heterocycles. The van der Waals surface area contributed by atoms with Crippen LogP contribution in [0.2, 0.25) is 0 Å². The van der Waals surface area contributed by atoms with Gasteiger partial charge in [0.2, 0.25) is 5.95 Å². The number of H-pyrrole nitrogens is 1. The van der Waals surface area contributed by atoms with Crippen LogP contribution in [0.15, 0.2) is 40.1 Å². The lowest BCUT2D eigenvalue weighted by molar-refractivity contribution is 1.08. The Labute approximate surface area is 116 Å². The Bertz CT molecular complexity index is 646. The summed E-state index contributed by atoms with van der Waals surface area (Å²) in [5.74, 6) is -0.0577. The van der Waals surface area contributed by atoms with Crippen LogP contribution in [0.4, 0.5) is 5.95 Å². The summed E-state index contributed by atoms with van der Waals surface area (Å²) in [6, 6.07) is 9.36. The summed E-state index contributed by atoms with van der Waals surface area (Å²) in [7, 11) is 0. The van der Waals surface area contributed by atoms with Gasteiger partial charge in [0, 0.05) is 5.56 Å². The van der Waals surface area contributed by atoms with Crippen LogP contribution >= 0.6 is 22.6 Å². The molecule has 0 fully saturated rings. The maximum Gasteiger partial charge on any atom is 0.266 e. The van der Waals surface area contributed by atoms with Crippen molar-refractivity contribution in [2.75, 3.05) is 0 Å². The first-order valence-corrected chi connectivity index (χ1v) is 6.10. The first-order valence-electron chi connectivity index (χ1n) is 5.03. The van der Waals surface area contributed by atoms with E-state index < -0.39 is 0 Å². The topological polar surface area (TPSA) is 110 Å². The van der Waals surface area contributed by atoms with E-state index in [1.807, 2.05) is 52.9 Å². The van der Waals surface area contributed by atoms with Crippen molar-refractivity contribution >= 4 is 34.5 Å². The Morgan fingerprint density at radius 1 is 1.28 bits per heavy atom. The summed E-state index contributed by atoms with van der Waals surface area (Å²) in [5, 5.41) is 0. The third-order valence-electron chi connectivity index (χ3n) is 2.13. The zero-order valence-electron chi connectivity index (χ0n) is 9.22. The third-order valence-corrected chi connectivity index (χ3v) is 3.13. The molecule has 0 amide bonds. The standard InChI is InChI=1S/C11H10IN5O/c12-7-8(6-4-2-1-3-5-6)15-11(16-9(7)18)17-10(13)14/h1-5H,(H5,13,14,15,16,17,18). The van der Waals surface area contributed by atoms with E-state index in [9.17, 15) is 4.79 Å². The highest BCUT2D eigenvalue weighted by Gasteiger charge is 2.10. The van der Waals surface area contributed by atoms with Gasteiger partial charge in [-0.1, -0.05) is 30.3 Å². The molecule has 0 aliphatic carbocycles. The highest BCUT2D eigenvalue weighted by Crippen LogP contribution is 2.21. The molecule has 0 saturated carbocycles. The first kappa shape index (κ1) is 12.6. The smallest absolute Gasteiger partial charge is 0.266 e. The van der Waals surface area contributed by atoms with E-state index in [2.05, 4.69) is 15.0 Å². The van der Waals surface area contributed by atoms with E-state index in [0.29, 0.717) is 9.26 Å². The summed E-state index contributed by atoms with van der Waals surface area (Å²) in [5.41, 5.74) is 11.6. The zero-order chi connectivity index (χ0) is 13.1. The van der Waals surface area contributed by atoms with Crippen LogP contribution < -0.4 is 17.0 Å². The molecule has 0 unspecified atom stereocenters. The van der Waals surface area contributed by atoms with Gasteiger partial charge in [-0.2, -0.15) is 4.99 Å². The van der Waals surface area contributed by atoms with Crippen LogP contribution in [0.25, 0.3) is 11.3 Å². The van der Waals surface area contributed by atoms with E-state index in [1.165, 1.54) is 0 Å². The summed E-state index contributed by atoms with van der Waals surface area (Å²) in [6.07, 6.45) is 0. The Morgan fingerprint density at radius 2 is 1.94 bits per heavy atom. The Hall–Kier alpha value is -1.90. The summed E-state index contributed by atoms with van der Waals surface area (Å²) in [6.45, 7) is 0. The molecule has 0 saturated heterocycles. The van der Waals surface area contributed by atoms with Gasteiger partial charge in [0.1, 0.15) is 3.57 Å². The number of benzene rings is 1. The van der Waals surface area contributed by atoms with Crippen LogP contribution in [0.1, 0.15) is 0 Å². The van der Waals surface area contributed by atoms with E-state index in [0.717, 1.165) is 5.56 Å². The van der Waals surface area contributed by atoms with E-state index >= 15 is 0 Å². The van der Waals surface area contributed by atoms with Gasteiger partial charge >= 0.3 is 0 Å². The second-order valence-corrected chi connectivity index (χ2v) is 4.53. The molecular formula is C11H10IN5O. The number of halogens is 1. The minimum Gasteiger partial charge on any atom is -0.370 e. The molecule has 0 atom stereocenters. The monoisotopic (exact) mass is 355 g/mol. The molecule has 1 aromatic carbocycles. The lowest BCUT2D eigenvalue weighted by Gasteiger charge is -2.04. The number of nitrogens with two attached hydrogens (primary N) is 2. The average Bonchev–Trinajstić information content (AvgIpc) is 2.34. The number of aromatic amines is 1. The lowest BCUT2D eigenvalue weighted by Crippen LogP contribution is -2.23. The number of guanidine groups is 1. The van der Waals surface area contributed by atoms with Gasteiger partial charge in [0.25, 0.3) is 5.56 Å². The summed E-state index contributed by atoms with van der Waals surface area (Å²) < 4.78 is 0.494. The fourth-order valence-corrected chi connectivity index (χ4v) is 1.98. The predicted molar refractivity (Wildman–Crippen MR) is 78.5 cm³/mol. The van der Waals surface area contributed by atoms with Crippen molar-refractivity contribution in [3.05, 3.63) is 44.3 Å².